The number of carbonyl (C=O) groups is 1. The quantitative estimate of drug-likeness (QED) is 0.680. The molecule has 2 aromatic heterocycles. The highest BCUT2D eigenvalue weighted by Gasteiger charge is 2.23. The number of hydrogen-bond donors (Lipinski definition) is 1. The average Bonchev–Trinajstić information content (AvgIpc) is 3.11. The molecule has 1 aromatic carbocycles. The van der Waals surface area contributed by atoms with E-state index in [-0.39, 0.29) is 11.5 Å². The van der Waals surface area contributed by atoms with Crippen LogP contribution in [0.3, 0.4) is 0 Å². The molecule has 0 aliphatic heterocycles. The number of amides is 1. The first-order valence-electron chi connectivity index (χ1n) is 10.9. The number of fused-ring (bicyclic) bond motifs is 3. The van der Waals surface area contributed by atoms with Gasteiger partial charge in [0.15, 0.2) is 0 Å². The van der Waals surface area contributed by atoms with E-state index in [9.17, 15) is 9.59 Å². The molecule has 0 unspecified atom stereocenters. The van der Waals surface area contributed by atoms with E-state index in [2.05, 4.69) is 22.4 Å². The Bertz CT molecular complexity index is 1110. The Balaban J connectivity index is 1.55. The van der Waals surface area contributed by atoms with Crippen LogP contribution in [-0.2, 0) is 11.8 Å². The molecule has 0 spiro atoms. The molecule has 1 saturated carbocycles. The topological polar surface area (TPSA) is 72.2 Å². The van der Waals surface area contributed by atoms with Gasteiger partial charge >= 0.3 is 0 Å². The largest absolute Gasteiger partial charge is 0.353 e. The summed E-state index contributed by atoms with van der Waals surface area (Å²) in [6, 6.07) is 7.92. The minimum atomic E-state index is -0.498. The lowest BCUT2D eigenvalue weighted by molar-refractivity contribution is -0.123. The van der Waals surface area contributed by atoms with Crippen LogP contribution < -0.4 is 10.9 Å². The number of rotatable bonds is 6. The first-order chi connectivity index (χ1) is 14.5. The minimum Gasteiger partial charge on any atom is -0.353 e. The van der Waals surface area contributed by atoms with Crippen molar-refractivity contribution in [3.05, 3.63) is 40.8 Å². The first kappa shape index (κ1) is 20.6. The van der Waals surface area contributed by atoms with Crippen molar-refractivity contribution in [3.63, 3.8) is 0 Å². The smallest absolute Gasteiger partial charge is 0.291 e. The second kappa shape index (κ2) is 8.60. The molecule has 1 atom stereocenters. The van der Waals surface area contributed by atoms with Crippen molar-refractivity contribution in [3.8, 4) is 0 Å². The molecule has 7 nitrogen and oxygen atoms in total. The van der Waals surface area contributed by atoms with Crippen molar-refractivity contribution in [1.82, 2.24) is 24.6 Å². The van der Waals surface area contributed by atoms with E-state index in [4.69, 9.17) is 0 Å². The maximum Gasteiger partial charge on any atom is 0.291 e. The molecule has 1 aliphatic carbocycles. The summed E-state index contributed by atoms with van der Waals surface area (Å²) in [7, 11) is 3.78. The van der Waals surface area contributed by atoms with Crippen molar-refractivity contribution in [1.29, 1.82) is 0 Å². The van der Waals surface area contributed by atoms with Crippen LogP contribution in [0.5, 0.6) is 0 Å². The number of benzene rings is 1. The monoisotopic (exact) mass is 409 g/mol. The Morgan fingerprint density at radius 3 is 2.73 bits per heavy atom. The number of carbonyl (C=O) groups excluding carboxylic acids is 1. The summed E-state index contributed by atoms with van der Waals surface area (Å²) in [6.07, 6.45) is 8.15. The van der Waals surface area contributed by atoms with Crippen LogP contribution >= 0.6 is 0 Å². The van der Waals surface area contributed by atoms with Crippen LogP contribution in [0.25, 0.3) is 21.8 Å². The summed E-state index contributed by atoms with van der Waals surface area (Å²) in [6.45, 7) is 3.29. The summed E-state index contributed by atoms with van der Waals surface area (Å²) in [5.41, 5.74) is 1.20. The third-order valence-corrected chi connectivity index (χ3v) is 6.53. The number of aryl methyl sites for hydroxylation is 1. The van der Waals surface area contributed by atoms with Crippen molar-refractivity contribution < 1.29 is 4.79 Å². The molecule has 1 fully saturated rings. The molecule has 7 heteroatoms. The second-order valence-electron chi connectivity index (χ2n) is 8.46. The fourth-order valence-electron chi connectivity index (χ4n) is 4.72. The van der Waals surface area contributed by atoms with Gasteiger partial charge in [0.05, 0.1) is 11.7 Å². The standard InChI is InChI=1S/C23H31N5O2/c1-16(22(29)24-13-14-26(2)17-9-5-4-6-10-17)28-20-12-8-7-11-18(20)19-15-25-27(3)23(30)21(19)28/h7-8,11-12,15-17H,4-6,9-10,13-14H2,1-3H3,(H,24,29)/t16-/m0/s1. The molecule has 2 heterocycles. The van der Waals surface area contributed by atoms with Gasteiger partial charge in [-0.25, -0.2) is 4.68 Å². The van der Waals surface area contributed by atoms with Crippen molar-refractivity contribution in [2.75, 3.05) is 20.1 Å². The van der Waals surface area contributed by atoms with Crippen molar-refractivity contribution in [2.24, 2.45) is 7.05 Å². The van der Waals surface area contributed by atoms with Crippen LogP contribution in [0.4, 0.5) is 0 Å². The average molecular weight is 410 g/mol. The zero-order valence-electron chi connectivity index (χ0n) is 18.1. The van der Waals surface area contributed by atoms with Crippen LogP contribution in [0, 0.1) is 0 Å². The molecular weight excluding hydrogens is 378 g/mol. The number of nitrogens with zero attached hydrogens (tertiary/aromatic N) is 4. The van der Waals surface area contributed by atoms with Gasteiger partial charge in [0.2, 0.25) is 5.91 Å². The van der Waals surface area contributed by atoms with Gasteiger partial charge in [-0.15, -0.1) is 0 Å². The van der Waals surface area contributed by atoms with Gasteiger partial charge in [0.25, 0.3) is 5.56 Å². The van der Waals surface area contributed by atoms with Crippen LogP contribution in [0.15, 0.2) is 35.3 Å². The van der Waals surface area contributed by atoms with E-state index in [0.717, 1.165) is 22.8 Å². The molecule has 1 aliphatic rings. The summed E-state index contributed by atoms with van der Waals surface area (Å²) in [4.78, 5) is 28.2. The molecule has 160 valence electrons. The van der Waals surface area contributed by atoms with E-state index in [1.807, 2.05) is 35.8 Å². The lowest BCUT2D eigenvalue weighted by Crippen LogP contribution is -2.41. The Kier molecular flexibility index (Phi) is 5.90. The third-order valence-electron chi connectivity index (χ3n) is 6.53. The SMILES string of the molecule is C[C@@H](C(=O)NCCN(C)C1CCCCC1)n1c2ccccc2c2cnn(C)c(=O)c21. The number of likely N-dealkylation sites (N-methyl/N-ethyl adjacent to an activating group) is 1. The lowest BCUT2D eigenvalue weighted by Gasteiger charge is -2.31. The predicted octanol–water partition coefficient (Wildman–Crippen LogP) is 2.83. The summed E-state index contributed by atoms with van der Waals surface area (Å²) >= 11 is 0. The molecule has 0 radical (unpaired) electrons. The van der Waals surface area contributed by atoms with Gasteiger partial charge < -0.3 is 14.8 Å². The van der Waals surface area contributed by atoms with E-state index in [1.54, 1.807) is 13.2 Å². The fourth-order valence-corrected chi connectivity index (χ4v) is 4.72. The molecular formula is C23H31N5O2. The van der Waals surface area contributed by atoms with Crippen molar-refractivity contribution in [2.45, 2.75) is 51.1 Å². The first-order valence-corrected chi connectivity index (χ1v) is 10.9. The maximum absolute atomic E-state index is 13.0. The van der Waals surface area contributed by atoms with Gasteiger partial charge in [-0.05, 0) is 32.9 Å². The fraction of sp³-hybridized carbons (Fsp3) is 0.522. The van der Waals surface area contributed by atoms with Gasteiger partial charge in [0.1, 0.15) is 11.6 Å². The zero-order chi connectivity index (χ0) is 21.3. The highest BCUT2D eigenvalue weighted by molar-refractivity contribution is 6.08. The molecule has 4 rings (SSSR count). The Hall–Kier alpha value is -2.67. The summed E-state index contributed by atoms with van der Waals surface area (Å²) < 4.78 is 3.18. The Morgan fingerprint density at radius 2 is 1.97 bits per heavy atom. The molecule has 1 amide bonds. The van der Waals surface area contributed by atoms with Crippen molar-refractivity contribution >= 4 is 27.7 Å². The van der Waals surface area contributed by atoms with E-state index < -0.39 is 6.04 Å². The number of nitrogens with one attached hydrogen (secondary N) is 1. The highest BCUT2D eigenvalue weighted by Crippen LogP contribution is 2.29. The molecule has 1 N–H and O–H groups in total. The van der Waals surface area contributed by atoms with E-state index in [0.29, 0.717) is 18.1 Å². The molecule has 30 heavy (non-hydrogen) atoms. The molecule has 3 aromatic rings. The van der Waals surface area contributed by atoms with Gasteiger partial charge in [-0.3, -0.25) is 9.59 Å². The highest BCUT2D eigenvalue weighted by atomic mass is 16.2. The Labute approximate surface area is 176 Å². The minimum absolute atomic E-state index is 0.0754. The zero-order valence-corrected chi connectivity index (χ0v) is 18.1. The van der Waals surface area contributed by atoms with E-state index >= 15 is 0 Å². The van der Waals surface area contributed by atoms with Crippen LogP contribution in [0.1, 0.15) is 45.1 Å². The lowest BCUT2D eigenvalue weighted by atomic mass is 9.94. The van der Waals surface area contributed by atoms with Gasteiger partial charge in [-0.2, -0.15) is 5.10 Å². The third kappa shape index (κ3) is 3.74. The van der Waals surface area contributed by atoms with E-state index in [1.165, 1.54) is 36.8 Å². The second-order valence-corrected chi connectivity index (χ2v) is 8.46. The van der Waals surface area contributed by atoms with Gasteiger partial charge in [0, 0.05) is 37.0 Å². The Morgan fingerprint density at radius 1 is 1.23 bits per heavy atom. The molecule has 0 saturated heterocycles. The van der Waals surface area contributed by atoms with Gasteiger partial charge in [-0.1, -0.05) is 37.5 Å². The van der Waals surface area contributed by atoms with Crippen LogP contribution in [0.2, 0.25) is 0 Å². The normalized spacial score (nSPS) is 16.4. The molecule has 0 bridgehead atoms. The number of hydrogen-bond acceptors (Lipinski definition) is 4. The number of aromatic nitrogens is 3. The summed E-state index contributed by atoms with van der Waals surface area (Å²) in [5, 5.41) is 8.97. The summed E-state index contributed by atoms with van der Waals surface area (Å²) in [5.74, 6) is -0.0754. The number of para-hydroxylation sites is 1. The van der Waals surface area contributed by atoms with Crippen LogP contribution in [-0.4, -0.2) is 51.3 Å². The maximum atomic E-state index is 13.0. The predicted molar refractivity (Wildman–Crippen MR) is 120 cm³/mol.